The first-order chi connectivity index (χ1) is 12.8. The van der Waals surface area contributed by atoms with Gasteiger partial charge in [0.05, 0.1) is 17.9 Å². The van der Waals surface area contributed by atoms with Gasteiger partial charge in [0.2, 0.25) is 5.88 Å². The molecule has 0 saturated heterocycles. The van der Waals surface area contributed by atoms with E-state index in [4.69, 9.17) is 9.47 Å². The van der Waals surface area contributed by atoms with E-state index < -0.39 is 0 Å². The van der Waals surface area contributed by atoms with Crippen molar-refractivity contribution in [2.24, 2.45) is 0 Å². The smallest absolute Gasteiger partial charge is 0.347 e. The van der Waals surface area contributed by atoms with Crippen molar-refractivity contribution in [2.75, 3.05) is 6.61 Å². The molecule has 1 aliphatic carbocycles. The number of hydrogen-bond acceptors (Lipinski definition) is 7. The molecule has 0 spiro atoms. The second-order valence-corrected chi connectivity index (χ2v) is 5.82. The van der Waals surface area contributed by atoms with Gasteiger partial charge in [-0.25, -0.2) is 9.78 Å². The predicted molar refractivity (Wildman–Crippen MR) is 91.4 cm³/mol. The summed E-state index contributed by atoms with van der Waals surface area (Å²) in [7, 11) is 0. The average molecular weight is 351 g/mol. The number of aromatic nitrogens is 5. The van der Waals surface area contributed by atoms with E-state index in [1.165, 1.54) is 4.68 Å². The molecule has 1 aromatic carbocycles. The Morgan fingerprint density at radius 2 is 2.08 bits per heavy atom. The monoisotopic (exact) mass is 351 g/mol. The van der Waals surface area contributed by atoms with Crippen molar-refractivity contribution in [1.29, 1.82) is 0 Å². The van der Waals surface area contributed by atoms with Crippen LogP contribution in [0.15, 0.2) is 36.4 Å². The van der Waals surface area contributed by atoms with Gasteiger partial charge < -0.3 is 9.47 Å². The summed E-state index contributed by atoms with van der Waals surface area (Å²) >= 11 is 0. The summed E-state index contributed by atoms with van der Waals surface area (Å²) in [6.45, 7) is 2.10. The molecule has 0 bridgehead atoms. The second-order valence-electron chi connectivity index (χ2n) is 5.82. The summed E-state index contributed by atoms with van der Waals surface area (Å²) in [5, 5.41) is 11.5. The van der Waals surface area contributed by atoms with Crippen molar-refractivity contribution in [3.8, 4) is 17.6 Å². The van der Waals surface area contributed by atoms with E-state index in [-0.39, 0.29) is 17.9 Å². The Morgan fingerprint density at radius 3 is 2.88 bits per heavy atom. The number of carbonyl (C=O) groups is 1. The molecule has 0 amide bonds. The first kappa shape index (κ1) is 16.2. The van der Waals surface area contributed by atoms with E-state index in [2.05, 4.69) is 20.5 Å². The molecule has 132 valence electrons. The van der Waals surface area contributed by atoms with Gasteiger partial charge in [0.25, 0.3) is 0 Å². The Hall–Kier alpha value is -3.29. The lowest BCUT2D eigenvalue weighted by atomic mass is 10.1. The van der Waals surface area contributed by atoms with Crippen LogP contribution in [0.2, 0.25) is 0 Å². The van der Waals surface area contributed by atoms with Crippen LogP contribution in [0.5, 0.6) is 11.9 Å². The maximum absolute atomic E-state index is 12.3. The van der Waals surface area contributed by atoms with Crippen molar-refractivity contribution in [1.82, 2.24) is 25.2 Å². The molecule has 0 atom stereocenters. The molecule has 0 fully saturated rings. The van der Waals surface area contributed by atoms with Gasteiger partial charge in [0, 0.05) is 11.8 Å². The third-order valence-electron chi connectivity index (χ3n) is 4.16. The maximum atomic E-state index is 12.3. The zero-order valence-electron chi connectivity index (χ0n) is 14.3. The normalized spacial score (nSPS) is 12.7. The number of esters is 1. The van der Waals surface area contributed by atoms with Crippen LogP contribution in [0.1, 0.15) is 35.0 Å². The van der Waals surface area contributed by atoms with Gasteiger partial charge in [-0.15, -0.1) is 0 Å². The topological polar surface area (TPSA) is 92.0 Å². The number of hydrogen-bond donors (Lipinski definition) is 0. The average Bonchev–Trinajstić information content (AvgIpc) is 3.31. The van der Waals surface area contributed by atoms with Crippen molar-refractivity contribution in [3.63, 3.8) is 0 Å². The molecular weight excluding hydrogens is 334 g/mol. The lowest BCUT2D eigenvalue weighted by molar-refractivity contribution is 0.0524. The second kappa shape index (κ2) is 6.91. The highest BCUT2D eigenvalue weighted by atomic mass is 16.5. The van der Waals surface area contributed by atoms with Crippen LogP contribution < -0.4 is 4.74 Å². The van der Waals surface area contributed by atoms with E-state index in [0.717, 1.165) is 36.2 Å². The highest BCUT2D eigenvalue weighted by Gasteiger charge is 2.24. The fourth-order valence-electron chi connectivity index (χ4n) is 3.03. The molecule has 2 heterocycles. The van der Waals surface area contributed by atoms with Crippen LogP contribution in [-0.4, -0.2) is 37.8 Å². The Kier molecular flexibility index (Phi) is 4.30. The third-order valence-corrected chi connectivity index (χ3v) is 4.16. The molecule has 1 aliphatic rings. The molecule has 26 heavy (non-hydrogen) atoms. The zero-order chi connectivity index (χ0) is 17.9. The Bertz CT molecular complexity index is 939. The van der Waals surface area contributed by atoms with Gasteiger partial charge in [0.1, 0.15) is 0 Å². The molecule has 8 nitrogen and oxygen atoms in total. The fourth-order valence-corrected chi connectivity index (χ4v) is 3.03. The highest BCUT2D eigenvalue weighted by molar-refractivity contribution is 5.92. The van der Waals surface area contributed by atoms with Gasteiger partial charge in [-0.1, -0.05) is 23.3 Å². The number of carbonyl (C=O) groups excluding carboxylic acids is 1. The maximum Gasteiger partial charge on any atom is 0.347 e. The van der Waals surface area contributed by atoms with Crippen LogP contribution in [0.25, 0.3) is 5.69 Å². The number of nitrogens with zero attached hydrogens (tertiary/aromatic N) is 5. The van der Waals surface area contributed by atoms with E-state index in [1.54, 1.807) is 13.0 Å². The SMILES string of the molecule is CCOC(=O)c1cc(Oc2nnnn2-c2ccccc2)nc2c1CCC2. The molecule has 0 unspecified atom stereocenters. The van der Waals surface area contributed by atoms with Crippen molar-refractivity contribution >= 4 is 5.97 Å². The minimum Gasteiger partial charge on any atom is -0.462 e. The summed E-state index contributed by atoms with van der Waals surface area (Å²) in [4.78, 5) is 16.8. The number of ether oxygens (including phenoxy) is 2. The van der Waals surface area contributed by atoms with Gasteiger partial charge >= 0.3 is 12.0 Å². The molecule has 0 radical (unpaired) electrons. The first-order valence-electron chi connectivity index (χ1n) is 8.48. The summed E-state index contributed by atoms with van der Waals surface area (Å²) in [6.07, 6.45) is 2.58. The van der Waals surface area contributed by atoms with Crippen LogP contribution in [-0.2, 0) is 17.6 Å². The summed E-state index contributed by atoms with van der Waals surface area (Å²) in [5.41, 5.74) is 3.07. The van der Waals surface area contributed by atoms with E-state index in [1.807, 2.05) is 30.3 Å². The zero-order valence-corrected chi connectivity index (χ0v) is 14.3. The van der Waals surface area contributed by atoms with Gasteiger partial charge in [-0.2, -0.15) is 4.68 Å². The number of tetrazole rings is 1. The lowest BCUT2D eigenvalue weighted by Crippen LogP contribution is -2.10. The highest BCUT2D eigenvalue weighted by Crippen LogP contribution is 2.29. The number of para-hydroxylation sites is 1. The minimum absolute atomic E-state index is 0.177. The number of pyridine rings is 1. The summed E-state index contributed by atoms with van der Waals surface area (Å²) in [6, 6.07) is 11.2. The van der Waals surface area contributed by atoms with Crippen LogP contribution in [0, 0.1) is 0 Å². The minimum atomic E-state index is -0.361. The summed E-state index contributed by atoms with van der Waals surface area (Å²) in [5.74, 6) is -0.0822. The van der Waals surface area contributed by atoms with Crippen molar-refractivity contribution < 1.29 is 14.3 Å². The molecule has 0 N–H and O–H groups in total. The standard InChI is InChI=1S/C18H17N5O3/c1-2-25-17(24)14-11-16(19-15-10-6-9-13(14)15)26-18-20-21-22-23(18)12-7-4-3-5-8-12/h3-5,7-8,11H,2,6,9-10H2,1H3. The van der Waals surface area contributed by atoms with E-state index in [9.17, 15) is 4.79 Å². The number of rotatable bonds is 5. The fraction of sp³-hybridized carbons (Fsp3) is 0.278. The van der Waals surface area contributed by atoms with Crippen LogP contribution >= 0.6 is 0 Å². The molecule has 8 heteroatoms. The Morgan fingerprint density at radius 1 is 1.23 bits per heavy atom. The Labute approximate surface area is 149 Å². The molecule has 0 saturated carbocycles. The van der Waals surface area contributed by atoms with Crippen LogP contribution in [0.3, 0.4) is 0 Å². The molecular formula is C18H17N5O3. The van der Waals surface area contributed by atoms with Gasteiger partial charge in [0.15, 0.2) is 0 Å². The van der Waals surface area contributed by atoms with E-state index in [0.29, 0.717) is 12.2 Å². The third kappa shape index (κ3) is 3.01. The Balaban J connectivity index is 1.69. The van der Waals surface area contributed by atoms with Crippen LogP contribution in [0.4, 0.5) is 0 Å². The first-order valence-corrected chi connectivity index (χ1v) is 8.48. The predicted octanol–water partition coefficient (Wildman–Crippen LogP) is 2.52. The largest absolute Gasteiger partial charge is 0.462 e. The summed E-state index contributed by atoms with van der Waals surface area (Å²) < 4.78 is 12.4. The van der Waals surface area contributed by atoms with E-state index >= 15 is 0 Å². The molecule has 0 aliphatic heterocycles. The van der Waals surface area contributed by atoms with Crippen molar-refractivity contribution in [3.05, 3.63) is 53.2 Å². The number of benzene rings is 1. The molecule has 3 aromatic rings. The molecule has 2 aromatic heterocycles. The van der Waals surface area contributed by atoms with Gasteiger partial charge in [-0.05, 0) is 54.3 Å². The van der Waals surface area contributed by atoms with Crippen molar-refractivity contribution in [2.45, 2.75) is 26.2 Å². The number of aryl methyl sites for hydroxylation is 1. The van der Waals surface area contributed by atoms with Gasteiger partial charge in [-0.3, -0.25) is 0 Å². The quantitative estimate of drug-likeness (QED) is 0.652. The lowest BCUT2D eigenvalue weighted by Gasteiger charge is -2.11. The molecule has 4 rings (SSSR count). The number of fused-ring (bicyclic) bond motifs is 1.